The second-order valence-corrected chi connectivity index (χ2v) is 7.78. The second kappa shape index (κ2) is 6.95. The van der Waals surface area contributed by atoms with Crippen LogP contribution in [0.25, 0.3) is 20.5 Å². The van der Waals surface area contributed by atoms with Crippen LogP contribution in [0.4, 0.5) is 0 Å². The van der Waals surface area contributed by atoms with Crippen LogP contribution in [0.2, 0.25) is 0 Å². The Hall–Kier alpha value is -2.23. The lowest BCUT2D eigenvalue weighted by atomic mass is 10.0. The Kier molecular flexibility index (Phi) is 4.51. The lowest BCUT2D eigenvalue weighted by Crippen LogP contribution is -2.11. The minimum atomic E-state index is 0.129. The highest BCUT2D eigenvalue weighted by molar-refractivity contribution is 9.10. The van der Waals surface area contributed by atoms with Crippen molar-refractivity contribution in [2.75, 3.05) is 0 Å². The average Bonchev–Trinajstić information content (AvgIpc) is 2.66. The van der Waals surface area contributed by atoms with Crippen LogP contribution in [0.5, 0.6) is 0 Å². The van der Waals surface area contributed by atoms with Gasteiger partial charge in [-0.15, -0.1) is 11.3 Å². The number of halogens is 1. The first kappa shape index (κ1) is 16.2. The first-order valence-electron chi connectivity index (χ1n) is 8.07. The Morgan fingerprint density at radius 1 is 0.800 bits per heavy atom. The number of rotatable bonds is 3. The lowest BCUT2D eigenvalue weighted by Gasteiger charge is -2.11. The van der Waals surface area contributed by atoms with Crippen molar-refractivity contribution < 1.29 is 0 Å². The van der Waals surface area contributed by atoms with Crippen molar-refractivity contribution in [2.45, 2.75) is 6.42 Å². The molecule has 1 aromatic heterocycles. The molecule has 0 aliphatic carbocycles. The molecule has 0 radical (unpaired) electrons. The molecule has 3 heteroatoms. The van der Waals surface area contributed by atoms with E-state index >= 15 is 0 Å². The van der Waals surface area contributed by atoms with Crippen molar-refractivity contribution in [3.05, 3.63) is 105 Å². The molecule has 0 bridgehead atoms. The second-order valence-electron chi connectivity index (χ2n) is 5.87. The van der Waals surface area contributed by atoms with E-state index in [2.05, 4.69) is 34.1 Å². The van der Waals surface area contributed by atoms with E-state index in [1.54, 1.807) is 11.3 Å². The van der Waals surface area contributed by atoms with E-state index < -0.39 is 0 Å². The molecule has 4 rings (SSSR count). The van der Waals surface area contributed by atoms with Gasteiger partial charge < -0.3 is 0 Å². The Balaban J connectivity index is 1.99. The van der Waals surface area contributed by atoms with Crippen LogP contribution in [-0.4, -0.2) is 0 Å². The SMILES string of the molecule is O=c1c(Cc2ccccc2Br)c(-c2ccccc2)sc2ccccc12. The van der Waals surface area contributed by atoms with E-state index in [0.717, 1.165) is 36.1 Å². The number of hydrogen-bond acceptors (Lipinski definition) is 2. The summed E-state index contributed by atoms with van der Waals surface area (Å²) in [5.41, 5.74) is 3.21. The summed E-state index contributed by atoms with van der Waals surface area (Å²) < 4.78 is 2.06. The zero-order chi connectivity index (χ0) is 17.2. The van der Waals surface area contributed by atoms with Crippen LogP contribution in [0.15, 0.2) is 88.1 Å². The average molecular weight is 407 g/mol. The first-order valence-corrected chi connectivity index (χ1v) is 9.68. The maximum atomic E-state index is 13.2. The molecule has 0 unspecified atom stereocenters. The van der Waals surface area contributed by atoms with E-state index in [1.807, 2.05) is 60.7 Å². The lowest BCUT2D eigenvalue weighted by molar-refractivity contribution is 1.18. The van der Waals surface area contributed by atoms with Gasteiger partial charge in [-0.1, -0.05) is 76.6 Å². The molecule has 1 heterocycles. The van der Waals surface area contributed by atoms with Gasteiger partial charge in [-0.3, -0.25) is 4.79 Å². The molecule has 0 fully saturated rings. The normalized spacial score (nSPS) is 10.9. The maximum absolute atomic E-state index is 13.2. The molecule has 0 atom stereocenters. The molecule has 0 amide bonds. The van der Waals surface area contributed by atoms with E-state index in [9.17, 15) is 4.79 Å². The highest BCUT2D eigenvalue weighted by Gasteiger charge is 2.15. The largest absolute Gasteiger partial charge is 0.289 e. The smallest absolute Gasteiger partial charge is 0.192 e. The molecule has 122 valence electrons. The maximum Gasteiger partial charge on any atom is 0.192 e. The van der Waals surface area contributed by atoms with Gasteiger partial charge in [0.05, 0.1) is 0 Å². The summed E-state index contributed by atoms with van der Waals surface area (Å²) in [6.07, 6.45) is 0.617. The molecule has 0 aliphatic rings. The Morgan fingerprint density at radius 3 is 2.28 bits per heavy atom. The molecule has 0 N–H and O–H groups in total. The highest BCUT2D eigenvalue weighted by atomic mass is 79.9. The summed E-state index contributed by atoms with van der Waals surface area (Å²) in [7, 11) is 0. The summed E-state index contributed by atoms with van der Waals surface area (Å²) in [5.74, 6) is 0. The topological polar surface area (TPSA) is 17.1 Å². The summed E-state index contributed by atoms with van der Waals surface area (Å²) in [4.78, 5) is 14.3. The molecule has 0 saturated carbocycles. The summed E-state index contributed by atoms with van der Waals surface area (Å²) >= 11 is 5.30. The van der Waals surface area contributed by atoms with Crippen LogP contribution >= 0.6 is 27.3 Å². The Labute approximate surface area is 158 Å². The number of fused-ring (bicyclic) bond motifs is 1. The van der Waals surface area contributed by atoms with Gasteiger partial charge in [-0.25, -0.2) is 0 Å². The van der Waals surface area contributed by atoms with Gasteiger partial charge in [0, 0.05) is 31.4 Å². The number of benzene rings is 3. The minimum absolute atomic E-state index is 0.129. The van der Waals surface area contributed by atoms with Crippen molar-refractivity contribution in [1.29, 1.82) is 0 Å². The van der Waals surface area contributed by atoms with Crippen LogP contribution in [0, 0.1) is 0 Å². The Bertz CT molecular complexity index is 1100. The van der Waals surface area contributed by atoms with Crippen LogP contribution in [-0.2, 0) is 6.42 Å². The van der Waals surface area contributed by atoms with Crippen molar-refractivity contribution in [2.24, 2.45) is 0 Å². The Morgan fingerprint density at radius 2 is 1.48 bits per heavy atom. The molecule has 25 heavy (non-hydrogen) atoms. The van der Waals surface area contributed by atoms with Gasteiger partial charge in [0.15, 0.2) is 5.43 Å². The molecule has 4 aromatic rings. The highest BCUT2D eigenvalue weighted by Crippen LogP contribution is 2.33. The summed E-state index contributed by atoms with van der Waals surface area (Å²) in [6.45, 7) is 0. The fourth-order valence-electron chi connectivity index (χ4n) is 3.00. The minimum Gasteiger partial charge on any atom is -0.289 e. The monoisotopic (exact) mass is 406 g/mol. The van der Waals surface area contributed by atoms with Crippen molar-refractivity contribution in [3.63, 3.8) is 0 Å². The van der Waals surface area contributed by atoms with Crippen molar-refractivity contribution >= 4 is 37.4 Å². The molecule has 0 spiro atoms. The summed E-state index contributed by atoms with van der Waals surface area (Å²) in [5, 5.41) is 0.800. The predicted octanol–water partition coefficient (Wildman–Crippen LogP) is 6.28. The van der Waals surface area contributed by atoms with Crippen LogP contribution in [0.3, 0.4) is 0 Å². The number of hydrogen-bond donors (Lipinski definition) is 0. The van der Waals surface area contributed by atoms with Gasteiger partial charge in [-0.2, -0.15) is 0 Å². The first-order chi connectivity index (χ1) is 12.2. The van der Waals surface area contributed by atoms with E-state index in [-0.39, 0.29) is 5.43 Å². The van der Waals surface area contributed by atoms with Crippen LogP contribution < -0.4 is 5.43 Å². The zero-order valence-electron chi connectivity index (χ0n) is 13.4. The van der Waals surface area contributed by atoms with E-state index in [1.165, 1.54) is 0 Å². The fourth-order valence-corrected chi connectivity index (χ4v) is 4.60. The van der Waals surface area contributed by atoms with E-state index in [0.29, 0.717) is 6.42 Å². The predicted molar refractivity (Wildman–Crippen MR) is 110 cm³/mol. The third kappa shape index (κ3) is 3.17. The van der Waals surface area contributed by atoms with Crippen LogP contribution in [0.1, 0.15) is 11.1 Å². The third-order valence-electron chi connectivity index (χ3n) is 4.25. The zero-order valence-corrected chi connectivity index (χ0v) is 15.8. The summed E-state index contributed by atoms with van der Waals surface area (Å²) in [6, 6.07) is 26.1. The van der Waals surface area contributed by atoms with Gasteiger partial charge in [-0.05, 0) is 29.3 Å². The van der Waals surface area contributed by atoms with E-state index in [4.69, 9.17) is 0 Å². The molecular formula is C22H15BrOS. The quantitative estimate of drug-likeness (QED) is 0.391. The third-order valence-corrected chi connectivity index (χ3v) is 6.29. The molecular weight excluding hydrogens is 392 g/mol. The standard InChI is InChI=1S/C22H15BrOS/c23-19-12-6-4-10-16(19)14-18-21(24)17-11-5-7-13-20(17)25-22(18)15-8-2-1-3-9-15/h1-13H,14H2. The fraction of sp³-hybridized carbons (Fsp3) is 0.0455. The van der Waals surface area contributed by atoms with Gasteiger partial charge in [0.1, 0.15) is 0 Å². The van der Waals surface area contributed by atoms with Crippen molar-refractivity contribution in [3.8, 4) is 10.4 Å². The van der Waals surface area contributed by atoms with Crippen molar-refractivity contribution in [1.82, 2.24) is 0 Å². The van der Waals surface area contributed by atoms with Gasteiger partial charge in [0.2, 0.25) is 0 Å². The molecule has 0 saturated heterocycles. The van der Waals surface area contributed by atoms with Gasteiger partial charge >= 0.3 is 0 Å². The molecule has 1 nitrogen and oxygen atoms in total. The van der Waals surface area contributed by atoms with Gasteiger partial charge in [0.25, 0.3) is 0 Å². The molecule has 0 aliphatic heterocycles. The molecule has 3 aromatic carbocycles.